The number of primary sulfonamides is 1. The molecule has 2 N–H and O–H groups in total. The zero-order valence-corrected chi connectivity index (χ0v) is 19.9. The van der Waals surface area contributed by atoms with Crippen LogP contribution in [0.4, 0.5) is 0 Å². The van der Waals surface area contributed by atoms with Crippen molar-refractivity contribution in [3.63, 3.8) is 0 Å². The van der Waals surface area contributed by atoms with Crippen molar-refractivity contribution in [2.75, 3.05) is 0 Å². The van der Waals surface area contributed by atoms with Crippen molar-refractivity contribution in [2.24, 2.45) is 5.14 Å². The molecule has 2 aromatic heterocycles. The molecular formula is C22H28N4O5S. The van der Waals surface area contributed by atoms with Crippen LogP contribution in [0.1, 0.15) is 72.8 Å². The summed E-state index contributed by atoms with van der Waals surface area (Å²) in [6.07, 6.45) is -0.695. The molecule has 0 aliphatic carbocycles. The molecule has 32 heavy (non-hydrogen) atoms. The Morgan fingerprint density at radius 1 is 1.22 bits per heavy atom. The molecule has 3 rings (SSSR count). The molecule has 9 nitrogen and oxygen atoms in total. The van der Waals surface area contributed by atoms with Crippen LogP contribution in [0, 0.1) is 13.8 Å². The minimum Gasteiger partial charge on any atom is -0.449 e. The summed E-state index contributed by atoms with van der Waals surface area (Å²) in [4.78, 5) is 17.2. The van der Waals surface area contributed by atoms with Crippen molar-refractivity contribution in [1.29, 1.82) is 0 Å². The van der Waals surface area contributed by atoms with E-state index in [1.54, 1.807) is 25.1 Å². The second-order valence-electron chi connectivity index (χ2n) is 8.81. The fraction of sp³-hybridized carbons (Fsp3) is 0.409. The van der Waals surface area contributed by atoms with Crippen LogP contribution in [-0.2, 0) is 26.7 Å². The molecule has 0 aliphatic heterocycles. The number of aryl methyl sites for hydroxylation is 1. The monoisotopic (exact) mass is 460 g/mol. The van der Waals surface area contributed by atoms with E-state index in [1.165, 1.54) is 12.1 Å². The minimum atomic E-state index is -3.74. The quantitative estimate of drug-likeness (QED) is 0.558. The molecule has 0 fully saturated rings. The highest BCUT2D eigenvalue weighted by Gasteiger charge is 2.26. The third kappa shape index (κ3) is 5.08. The standard InChI is InChI=1S/C22H28N4O5S/c1-13-11-18(20(27)30-15(3)19-24-21(25-31-19)22(4,5)6)14(2)26(13)12-16-7-9-17(10-8-16)32(23,28)29/h7-11,15H,12H2,1-6H3,(H2,23,28,29). The van der Waals surface area contributed by atoms with Gasteiger partial charge in [0.05, 0.1) is 10.5 Å². The molecule has 0 amide bonds. The normalized spacial score (nSPS) is 13.2. The van der Waals surface area contributed by atoms with E-state index in [-0.39, 0.29) is 16.2 Å². The van der Waals surface area contributed by atoms with E-state index in [2.05, 4.69) is 10.1 Å². The first-order valence-electron chi connectivity index (χ1n) is 10.1. The Hall–Kier alpha value is -2.98. The summed E-state index contributed by atoms with van der Waals surface area (Å²) in [5.41, 5.74) is 2.63. The maximum Gasteiger partial charge on any atom is 0.340 e. The van der Waals surface area contributed by atoms with Crippen molar-refractivity contribution in [3.8, 4) is 0 Å². The van der Waals surface area contributed by atoms with E-state index in [1.807, 2.05) is 39.2 Å². The lowest BCUT2D eigenvalue weighted by Gasteiger charge is -2.12. The number of hydrogen-bond acceptors (Lipinski definition) is 7. The van der Waals surface area contributed by atoms with E-state index >= 15 is 0 Å². The first-order valence-corrected chi connectivity index (χ1v) is 11.7. The van der Waals surface area contributed by atoms with Gasteiger partial charge in [0.2, 0.25) is 10.0 Å². The van der Waals surface area contributed by atoms with Gasteiger partial charge >= 0.3 is 5.97 Å². The van der Waals surface area contributed by atoms with Gasteiger partial charge in [-0.1, -0.05) is 38.1 Å². The van der Waals surface area contributed by atoms with Crippen LogP contribution in [0.5, 0.6) is 0 Å². The molecule has 3 aromatic rings. The van der Waals surface area contributed by atoms with E-state index in [9.17, 15) is 13.2 Å². The number of aromatic nitrogens is 3. The summed E-state index contributed by atoms with van der Waals surface area (Å²) < 4.78 is 35.7. The van der Waals surface area contributed by atoms with Gasteiger partial charge in [-0.05, 0) is 44.5 Å². The van der Waals surface area contributed by atoms with E-state index in [4.69, 9.17) is 14.4 Å². The number of carbonyl (C=O) groups is 1. The van der Waals surface area contributed by atoms with Gasteiger partial charge in [-0.15, -0.1) is 0 Å². The highest BCUT2D eigenvalue weighted by atomic mass is 32.2. The molecular weight excluding hydrogens is 432 g/mol. The Bertz CT molecular complexity index is 1230. The predicted molar refractivity (Wildman–Crippen MR) is 118 cm³/mol. The zero-order valence-electron chi connectivity index (χ0n) is 19.0. The molecule has 2 heterocycles. The first-order chi connectivity index (χ1) is 14.8. The zero-order chi connectivity index (χ0) is 23.8. The van der Waals surface area contributed by atoms with Crippen molar-refractivity contribution in [2.45, 2.75) is 64.5 Å². The largest absolute Gasteiger partial charge is 0.449 e. The minimum absolute atomic E-state index is 0.0519. The molecule has 0 aliphatic rings. The number of sulfonamides is 1. The summed E-state index contributed by atoms with van der Waals surface area (Å²) in [7, 11) is -3.74. The third-order valence-electron chi connectivity index (χ3n) is 5.13. The van der Waals surface area contributed by atoms with Crippen LogP contribution in [-0.4, -0.2) is 29.1 Å². The van der Waals surface area contributed by atoms with Crippen molar-refractivity contribution in [1.82, 2.24) is 14.7 Å². The number of nitrogens with zero attached hydrogens (tertiary/aromatic N) is 3. The van der Waals surface area contributed by atoms with Gasteiger partial charge in [-0.2, -0.15) is 4.98 Å². The summed E-state index contributed by atoms with van der Waals surface area (Å²) in [5.74, 6) is 0.297. The maximum absolute atomic E-state index is 12.8. The van der Waals surface area contributed by atoms with Crippen molar-refractivity contribution >= 4 is 16.0 Å². The second kappa shape index (κ2) is 8.51. The topological polar surface area (TPSA) is 130 Å². The van der Waals surface area contributed by atoms with Gasteiger partial charge in [0.25, 0.3) is 5.89 Å². The molecule has 0 saturated carbocycles. The number of esters is 1. The van der Waals surface area contributed by atoms with E-state index < -0.39 is 22.1 Å². The Morgan fingerprint density at radius 2 is 1.84 bits per heavy atom. The number of benzene rings is 1. The Morgan fingerprint density at radius 3 is 2.38 bits per heavy atom. The van der Waals surface area contributed by atoms with E-state index in [0.717, 1.165) is 17.0 Å². The van der Waals surface area contributed by atoms with Gasteiger partial charge in [0.1, 0.15) is 0 Å². The molecule has 0 bridgehead atoms. The molecule has 172 valence electrons. The van der Waals surface area contributed by atoms with Gasteiger partial charge in [0.15, 0.2) is 11.9 Å². The first kappa shape index (κ1) is 23.7. The third-order valence-corrected chi connectivity index (χ3v) is 6.06. The van der Waals surface area contributed by atoms with Crippen LogP contribution >= 0.6 is 0 Å². The number of rotatable bonds is 6. The number of hydrogen-bond donors (Lipinski definition) is 1. The van der Waals surface area contributed by atoms with Gasteiger partial charge < -0.3 is 13.8 Å². The summed E-state index contributed by atoms with van der Waals surface area (Å²) in [5, 5.41) is 9.11. The SMILES string of the molecule is Cc1cc(C(=O)OC(C)c2nc(C(C)(C)C)no2)c(C)n1Cc1ccc(S(N)(=O)=O)cc1. The van der Waals surface area contributed by atoms with Crippen molar-refractivity contribution in [3.05, 3.63) is 64.6 Å². The lowest BCUT2D eigenvalue weighted by molar-refractivity contribution is 0.0264. The van der Waals surface area contributed by atoms with Crippen LogP contribution in [0.25, 0.3) is 0 Å². The van der Waals surface area contributed by atoms with Crippen LogP contribution in [0.2, 0.25) is 0 Å². The molecule has 1 unspecified atom stereocenters. The Labute approximate surface area is 187 Å². The average molecular weight is 461 g/mol. The highest BCUT2D eigenvalue weighted by Crippen LogP contribution is 2.25. The fourth-order valence-corrected chi connectivity index (χ4v) is 3.71. The molecule has 1 aromatic carbocycles. The van der Waals surface area contributed by atoms with Crippen LogP contribution < -0.4 is 5.14 Å². The van der Waals surface area contributed by atoms with Crippen molar-refractivity contribution < 1.29 is 22.5 Å². The number of nitrogens with two attached hydrogens (primary N) is 1. The number of ether oxygens (including phenoxy) is 1. The molecule has 1 atom stereocenters. The maximum atomic E-state index is 12.8. The van der Waals surface area contributed by atoms with Crippen LogP contribution in [0.3, 0.4) is 0 Å². The second-order valence-corrected chi connectivity index (χ2v) is 10.4. The van der Waals surface area contributed by atoms with Gasteiger partial charge in [-0.25, -0.2) is 18.4 Å². The molecule has 10 heteroatoms. The van der Waals surface area contributed by atoms with Gasteiger partial charge in [-0.3, -0.25) is 0 Å². The highest BCUT2D eigenvalue weighted by molar-refractivity contribution is 7.89. The average Bonchev–Trinajstić information content (AvgIpc) is 3.29. The fourth-order valence-electron chi connectivity index (χ4n) is 3.20. The smallest absolute Gasteiger partial charge is 0.340 e. The molecule has 0 spiro atoms. The summed E-state index contributed by atoms with van der Waals surface area (Å²) in [6.45, 7) is 11.8. The molecule has 0 saturated heterocycles. The lowest BCUT2D eigenvalue weighted by Crippen LogP contribution is -2.14. The summed E-state index contributed by atoms with van der Waals surface area (Å²) in [6, 6.07) is 8.08. The summed E-state index contributed by atoms with van der Waals surface area (Å²) >= 11 is 0. The van der Waals surface area contributed by atoms with Gasteiger partial charge in [0, 0.05) is 23.3 Å². The van der Waals surface area contributed by atoms with Crippen LogP contribution in [0.15, 0.2) is 39.8 Å². The Kier molecular flexibility index (Phi) is 6.30. The number of carbonyl (C=O) groups excluding carboxylic acids is 1. The molecule has 0 radical (unpaired) electrons. The lowest BCUT2D eigenvalue weighted by atomic mass is 9.96. The Balaban J connectivity index is 1.76. The van der Waals surface area contributed by atoms with E-state index in [0.29, 0.717) is 17.9 Å². The predicted octanol–water partition coefficient (Wildman–Crippen LogP) is 3.40.